The number of anilines is 1. The molecule has 0 aliphatic carbocycles. The van der Waals surface area contributed by atoms with Crippen LogP contribution in [0.25, 0.3) is 0 Å². The van der Waals surface area contributed by atoms with Gasteiger partial charge in [0.25, 0.3) is 0 Å². The number of nitrogens with zero attached hydrogens (tertiary/aromatic N) is 3. The molecule has 0 aliphatic rings. The molecule has 0 amide bonds. The zero-order valence-electron chi connectivity index (χ0n) is 11.7. The predicted molar refractivity (Wildman–Crippen MR) is 77.5 cm³/mol. The van der Waals surface area contributed by atoms with Crippen molar-refractivity contribution < 1.29 is 8.42 Å². The van der Waals surface area contributed by atoms with E-state index in [1.807, 2.05) is 6.07 Å². The predicted octanol–water partition coefficient (Wildman–Crippen LogP) is 0.661. The van der Waals surface area contributed by atoms with Crippen molar-refractivity contribution >= 4 is 15.8 Å². The summed E-state index contributed by atoms with van der Waals surface area (Å²) in [4.78, 5) is -0.00125. The Balaban J connectivity index is 2.20. The Morgan fingerprint density at radius 1 is 1.38 bits per heavy atom. The Hall–Kier alpha value is -2.37. The maximum absolute atomic E-state index is 12.3. The molecule has 0 saturated carbocycles. The molecule has 21 heavy (non-hydrogen) atoms. The Kier molecular flexibility index (Phi) is 3.97. The summed E-state index contributed by atoms with van der Waals surface area (Å²) in [5, 5.41) is 12.6. The van der Waals surface area contributed by atoms with Crippen LogP contribution < -0.4 is 10.5 Å². The van der Waals surface area contributed by atoms with Crippen LogP contribution >= 0.6 is 0 Å². The molecule has 1 aromatic carbocycles. The number of aryl methyl sites for hydroxylation is 1. The second kappa shape index (κ2) is 5.55. The van der Waals surface area contributed by atoms with Gasteiger partial charge in [0, 0.05) is 13.6 Å². The summed E-state index contributed by atoms with van der Waals surface area (Å²) in [6, 6.07) is 8.66. The van der Waals surface area contributed by atoms with E-state index >= 15 is 0 Å². The summed E-state index contributed by atoms with van der Waals surface area (Å²) in [6.07, 6.45) is 0. The van der Waals surface area contributed by atoms with Gasteiger partial charge < -0.3 is 5.73 Å². The lowest BCUT2D eigenvalue weighted by molar-refractivity contribution is 0.580. The third-order valence-corrected chi connectivity index (χ3v) is 4.69. The second-order valence-corrected chi connectivity index (χ2v) is 6.26. The monoisotopic (exact) mass is 305 g/mol. The largest absolute Gasteiger partial charge is 0.381 e. The standard InChI is InChI=1S/C13H15N5O2S/c1-9-12(13(15)17-18(9)2)21(19,20)16-8-11-5-3-10(7-14)4-6-11/h3-6,16H,8H2,1-2H3,(H2,15,17). The molecule has 0 bridgehead atoms. The summed E-state index contributed by atoms with van der Waals surface area (Å²) in [7, 11) is -2.11. The van der Waals surface area contributed by atoms with Crippen LogP contribution in [0.4, 0.5) is 5.82 Å². The molecule has 0 spiro atoms. The maximum Gasteiger partial charge on any atom is 0.246 e. The number of rotatable bonds is 4. The normalized spacial score (nSPS) is 11.3. The summed E-state index contributed by atoms with van der Waals surface area (Å²) in [6.45, 7) is 1.75. The van der Waals surface area contributed by atoms with Crippen molar-refractivity contribution in [2.75, 3.05) is 5.73 Å². The van der Waals surface area contributed by atoms with Gasteiger partial charge in [-0.2, -0.15) is 10.4 Å². The van der Waals surface area contributed by atoms with Gasteiger partial charge in [-0.05, 0) is 24.6 Å². The lowest BCUT2D eigenvalue weighted by Crippen LogP contribution is -2.24. The number of nitrogens with two attached hydrogens (primary N) is 1. The number of sulfonamides is 1. The van der Waals surface area contributed by atoms with Crippen molar-refractivity contribution in [2.45, 2.75) is 18.4 Å². The van der Waals surface area contributed by atoms with Crippen LogP contribution in [0.2, 0.25) is 0 Å². The quantitative estimate of drug-likeness (QED) is 0.861. The third-order valence-electron chi connectivity index (χ3n) is 3.12. The van der Waals surface area contributed by atoms with Crippen molar-refractivity contribution in [1.29, 1.82) is 5.26 Å². The van der Waals surface area contributed by atoms with Gasteiger partial charge in [-0.1, -0.05) is 12.1 Å². The highest BCUT2D eigenvalue weighted by atomic mass is 32.2. The van der Waals surface area contributed by atoms with E-state index in [9.17, 15) is 8.42 Å². The highest BCUT2D eigenvalue weighted by Crippen LogP contribution is 2.21. The van der Waals surface area contributed by atoms with Gasteiger partial charge in [-0.25, -0.2) is 13.1 Å². The lowest BCUT2D eigenvalue weighted by Gasteiger charge is -2.07. The molecule has 7 nitrogen and oxygen atoms in total. The van der Waals surface area contributed by atoms with E-state index in [1.165, 1.54) is 4.68 Å². The van der Waals surface area contributed by atoms with Crippen LogP contribution in [0.15, 0.2) is 29.2 Å². The molecule has 2 aromatic rings. The number of nitrogens with one attached hydrogen (secondary N) is 1. The van der Waals surface area contributed by atoms with E-state index in [4.69, 9.17) is 11.0 Å². The molecule has 0 aliphatic heterocycles. The minimum Gasteiger partial charge on any atom is -0.381 e. The number of nitrogen functional groups attached to an aromatic ring is 1. The fourth-order valence-corrected chi connectivity index (χ4v) is 3.23. The van der Waals surface area contributed by atoms with Crippen LogP contribution in [-0.2, 0) is 23.6 Å². The van der Waals surface area contributed by atoms with Crippen molar-refractivity contribution in [3.8, 4) is 6.07 Å². The van der Waals surface area contributed by atoms with Gasteiger partial charge in [-0.15, -0.1) is 0 Å². The average Bonchev–Trinajstić information content (AvgIpc) is 2.71. The number of aromatic nitrogens is 2. The van der Waals surface area contributed by atoms with Gasteiger partial charge in [-0.3, -0.25) is 4.68 Å². The first-order chi connectivity index (χ1) is 9.85. The molecule has 1 heterocycles. The highest BCUT2D eigenvalue weighted by molar-refractivity contribution is 7.89. The summed E-state index contributed by atoms with van der Waals surface area (Å²) >= 11 is 0. The second-order valence-electron chi connectivity index (χ2n) is 4.56. The number of benzene rings is 1. The van der Waals surface area contributed by atoms with Gasteiger partial charge >= 0.3 is 0 Å². The Morgan fingerprint density at radius 2 is 2.00 bits per heavy atom. The summed E-state index contributed by atoms with van der Waals surface area (Å²) in [5.74, 6) is -0.0256. The number of hydrogen-bond acceptors (Lipinski definition) is 5. The van der Waals surface area contributed by atoms with Gasteiger partial charge in [0.2, 0.25) is 10.0 Å². The van der Waals surface area contributed by atoms with E-state index in [0.29, 0.717) is 11.3 Å². The van der Waals surface area contributed by atoms with E-state index < -0.39 is 10.0 Å². The van der Waals surface area contributed by atoms with E-state index in [1.54, 1.807) is 38.2 Å². The smallest absolute Gasteiger partial charge is 0.246 e. The van der Waals surface area contributed by atoms with Crippen molar-refractivity contribution in [1.82, 2.24) is 14.5 Å². The summed E-state index contributed by atoms with van der Waals surface area (Å²) < 4.78 is 28.5. The highest BCUT2D eigenvalue weighted by Gasteiger charge is 2.24. The Bertz CT molecular complexity index is 800. The molecule has 0 atom stereocenters. The first kappa shape index (κ1) is 15.0. The van der Waals surface area contributed by atoms with E-state index in [2.05, 4.69) is 9.82 Å². The number of nitriles is 1. The molecule has 0 unspecified atom stereocenters. The minimum atomic E-state index is -3.74. The molecule has 110 valence electrons. The van der Waals surface area contributed by atoms with Crippen molar-refractivity contribution in [2.24, 2.45) is 7.05 Å². The van der Waals surface area contributed by atoms with Crippen molar-refractivity contribution in [3.63, 3.8) is 0 Å². The maximum atomic E-state index is 12.3. The topological polar surface area (TPSA) is 114 Å². The van der Waals surface area contributed by atoms with Crippen LogP contribution in [0.1, 0.15) is 16.8 Å². The fraction of sp³-hybridized carbons (Fsp3) is 0.231. The molecule has 2 rings (SSSR count). The zero-order valence-corrected chi connectivity index (χ0v) is 12.5. The lowest BCUT2D eigenvalue weighted by atomic mass is 10.1. The molecule has 0 fully saturated rings. The van der Waals surface area contributed by atoms with E-state index in [-0.39, 0.29) is 17.3 Å². The Labute approximate surface area is 123 Å². The van der Waals surface area contributed by atoms with Crippen LogP contribution in [0, 0.1) is 18.3 Å². The molecule has 8 heteroatoms. The van der Waals surface area contributed by atoms with Crippen LogP contribution in [0.5, 0.6) is 0 Å². The van der Waals surface area contributed by atoms with Gasteiger partial charge in [0.1, 0.15) is 4.90 Å². The molecule has 0 saturated heterocycles. The summed E-state index contributed by atoms with van der Waals surface area (Å²) in [5.41, 5.74) is 7.39. The van der Waals surface area contributed by atoms with Crippen molar-refractivity contribution in [3.05, 3.63) is 41.1 Å². The molecule has 1 aromatic heterocycles. The molecular formula is C13H15N5O2S. The third kappa shape index (κ3) is 3.04. The van der Waals surface area contributed by atoms with Gasteiger partial charge in [0.05, 0.1) is 17.3 Å². The first-order valence-electron chi connectivity index (χ1n) is 6.13. The van der Waals surface area contributed by atoms with Gasteiger partial charge in [0.15, 0.2) is 5.82 Å². The molecular weight excluding hydrogens is 290 g/mol. The first-order valence-corrected chi connectivity index (χ1v) is 7.61. The minimum absolute atomic E-state index is 0.00125. The molecule has 3 N–H and O–H groups in total. The Morgan fingerprint density at radius 3 is 2.48 bits per heavy atom. The molecule has 0 radical (unpaired) electrons. The van der Waals surface area contributed by atoms with Crippen LogP contribution in [0.3, 0.4) is 0 Å². The average molecular weight is 305 g/mol. The zero-order chi connectivity index (χ0) is 15.6. The fourth-order valence-electron chi connectivity index (χ4n) is 1.89. The SMILES string of the molecule is Cc1c(S(=O)(=O)NCc2ccc(C#N)cc2)c(N)nn1C. The number of hydrogen-bond donors (Lipinski definition) is 2. The van der Waals surface area contributed by atoms with E-state index in [0.717, 1.165) is 5.56 Å². The van der Waals surface area contributed by atoms with Crippen LogP contribution in [-0.4, -0.2) is 18.2 Å².